The van der Waals surface area contributed by atoms with Crippen LogP contribution in [0, 0.1) is 0 Å². The van der Waals surface area contributed by atoms with Crippen LogP contribution in [-0.4, -0.2) is 72.0 Å². The van der Waals surface area contributed by atoms with E-state index in [0.29, 0.717) is 0 Å². The number of carbonyl (C=O) groups is 3. The van der Waals surface area contributed by atoms with Crippen molar-refractivity contribution in [1.82, 2.24) is 14.7 Å². The molecule has 2 heterocycles. The molecule has 8 heteroatoms. The number of likely N-dealkylation sites (N-methyl/N-ethyl adjacent to an activating group) is 3. The van der Waals surface area contributed by atoms with E-state index in [4.69, 9.17) is 4.74 Å². The minimum atomic E-state index is -1.62. The number of aliphatic imine (C=N–C) groups is 1. The molecule has 8 nitrogen and oxygen atoms in total. The van der Waals surface area contributed by atoms with Gasteiger partial charge in [0.1, 0.15) is 0 Å². The van der Waals surface area contributed by atoms with Gasteiger partial charge in [0.15, 0.2) is 5.84 Å². The van der Waals surface area contributed by atoms with Gasteiger partial charge in [0.25, 0.3) is 11.6 Å². The maximum Gasteiger partial charge on any atom is 0.348 e. The van der Waals surface area contributed by atoms with Crippen molar-refractivity contribution in [2.24, 2.45) is 4.99 Å². The highest BCUT2D eigenvalue weighted by molar-refractivity contribution is 6.27. The Morgan fingerprint density at radius 3 is 2.33 bits per heavy atom. The molecule has 5 amide bonds. The molecule has 0 bridgehead atoms. The first-order valence-electron chi connectivity index (χ1n) is 5.44. The molecule has 0 N–H and O–H groups in total. The number of urea groups is 2. The molecular formula is C10H14N4O4. The van der Waals surface area contributed by atoms with E-state index >= 15 is 0 Å². The van der Waals surface area contributed by atoms with E-state index in [1.807, 2.05) is 0 Å². The minimum Gasteiger partial charge on any atom is -0.341 e. The first-order chi connectivity index (χ1) is 8.37. The van der Waals surface area contributed by atoms with Gasteiger partial charge >= 0.3 is 12.1 Å². The molecule has 2 aliphatic rings. The number of imide groups is 1. The van der Waals surface area contributed by atoms with Crippen LogP contribution in [0.5, 0.6) is 0 Å². The molecule has 0 aromatic rings. The Labute approximate surface area is 104 Å². The van der Waals surface area contributed by atoms with Crippen LogP contribution in [0.4, 0.5) is 9.59 Å². The number of ether oxygens (including phenoxy) is 1. The SMILES string of the molecule is CCOC12C(=O)N(C)C(=O)N(C)C1=NC(=O)N2C. The second-order valence-corrected chi connectivity index (χ2v) is 4.06. The lowest BCUT2D eigenvalue weighted by atomic mass is 10.1. The topological polar surface area (TPSA) is 82.5 Å². The highest BCUT2D eigenvalue weighted by Gasteiger charge is 2.62. The number of nitrogens with zero attached hydrogens (tertiary/aromatic N) is 4. The Hall–Kier alpha value is -1.96. The van der Waals surface area contributed by atoms with Crippen LogP contribution in [-0.2, 0) is 9.53 Å². The molecule has 0 spiro atoms. The Morgan fingerprint density at radius 1 is 1.17 bits per heavy atom. The highest BCUT2D eigenvalue weighted by Crippen LogP contribution is 2.32. The average molecular weight is 254 g/mol. The van der Waals surface area contributed by atoms with Crippen molar-refractivity contribution in [3.05, 3.63) is 0 Å². The Bertz CT molecular complexity index is 474. The van der Waals surface area contributed by atoms with Crippen molar-refractivity contribution in [2.45, 2.75) is 12.6 Å². The number of hydrogen-bond acceptors (Lipinski definition) is 4. The molecular weight excluding hydrogens is 240 g/mol. The largest absolute Gasteiger partial charge is 0.348 e. The summed E-state index contributed by atoms with van der Waals surface area (Å²) < 4.78 is 5.47. The van der Waals surface area contributed by atoms with Crippen LogP contribution < -0.4 is 0 Å². The second-order valence-electron chi connectivity index (χ2n) is 4.06. The van der Waals surface area contributed by atoms with Gasteiger partial charge in [0.05, 0.1) is 0 Å². The highest BCUT2D eigenvalue weighted by atomic mass is 16.5. The summed E-state index contributed by atoms with van der Waals surface area (Å²) in [6.45, 7) is 1.91. The predicted octanol–water partition coefficient (Wildman–Crippen LogP) is -0.293. The maximum atomic E-state index is 12.3. The predicted molar refractivity (Wildman–Crippen MR) is 60.9 cm³/mol. The molecule has 0 radical (unpaired) electrons. The van der Waals surface area contributed by atoms with Gasteiger partial charge in [-0.3, -0.25) is 19.5 Å². The third-order valence-electron chi connectivity index (χ3n) is 3.10. The van der Waals surface area contributed by atoms with Gasteiger partial charge in [-0.15, -0.1) is 0 Å². The zero-order valence-electron chi connectivity index (χ0n) is 10.6. The van der Waals surface area contributed by atoms with Gasteiger partial charge in [-0.1, -0.05) is 0 Å². The number of carbonyl (C=O) groups excluding carboxylic acids is 3. The summed E-state index contributed by atoms with van der Waals surface area (Å²) in [5.74, 6) is -0.593. The Kier molecular flexibility index (Phi) is 2.62. The quantitative estimate of drug-likeness (QED) is 0.677. The van der Waals surface area contributed by atoms with Crippen LogP contribution in [0.1, 0.15) is 6.92 Å². The summed E-state index contributed by atoms with van der Waals surface area (Å²) in [6, 6.07) is -1.15. The number of hydrogen-bond donors (Lipinski definition) is 0. The lowest BCUT2D eigenvalue weighted by Crippen LogP contribution is -2.71. The lowest BCUT2D eigenvalue weighted by Gasteiger charge is -2.43. The van der Waals surface area contributed by atoms with Gasteiger partial charge in [-0.25, -0.2) is 9.59 Å². The van der Waals surface area contributed by atoms with E-state index in [0.717, 1.165) is 14.7 Å². The third kappa shape index (κ3) is 1.23. The minimum absolute atomic E-state index is 0.0185. The summed E-state index contributed by atoms with van der Waals surface area (Å²) in [7, 11) is 4.21. The van der Waals surface area contributed by atoms with Crippen LogP contribution in [0.25, 0.3) is 0 Å². The van der Waals surface area contributed by atoms with E-state index in [2.05, 4.69) is 4.99 Å². The molecule has 2 aliphatic heterocycles. The molecule has 1 unspecified atom stereocenters. The number of fused-ring (bicyclic) bond motifs is 1. The maximum absolute atomic E-state index is 12.3. The average Bonchev–Trinajstić information content (AvgIpc) is 2.60. The first-order valence-corrected chi connectivity index (χ1v) is 5.44. The van der Waals surface area contributed by atoms with Crippen molar-refractivity contribution in [2.75, 3.05) is 27.7 Å². The molecule has 0 aromatic heterocycles. The van der Waals surface area contributed by atoms with Crippen LogP contribution >= 0.6 is 0 Å². The fourth-order valence-corrected chi connectivity index (χ4v) is 2.13. The van der Waals surface area contributed by atoms with E-state index in [1.165, 1.54) is 21.1 Å². The summed E-state index contributed by atoms with van der Waals surface area (Å²) in [5.41, 5.74) is -1.62. The molecule has 0 aliphatic carbocycles. The summed E-state index contributed by atoms with van der Waals surface area (Å²) >= 11 is 0. The molecule has 1 saturated heterocycles. The lowest BCUT2D eigenvalue weighted by molar-refractivity contribution is -0.161. The van der Waals surface area contributed by atoms with Crippen LogP contribution in [0.15, 0.2) is 4.99 Å². The molecule has 0 saturated carbocycles. The standard InChI is InChI=1S/C10H14N4O4/c1-5-18-10-6(11-8(16)14(10)4)12(2)9(17)13(3)7(10)15/h5H2,1-4H3. The molecule has 1 fully saturated rings. The van der Waals surface area contributed by atoms with Crippen LogP contribution in [0.3, 0.4) is 0 Å². The Balaban J connectivity index is 2.60. The van der Waals surface area contributed by atoms with E-state index < -0.39 is 23.7 Å². The summed E-state index contributed by atoms with van der Waals surface area (Å²) in [6.07, 6.45) is 0. The molecule has 98 valence electrons. The normalized spacial score (nSPS) is 27.9. The molecule has 18 heavy (non-hydrogen) atoms. The monoisotopic (exact) mass is 254 g/mol. The third-order valence-corrected chi connectivity index (χ3v) is 3.10. The van der Waals surface area contributed by atoms with Gasteiger partial charge in [-0.05, 0) is 6.92 Å². The second kappa shape index (κ2) is 3.77. The Morgan fingerprint density at radius 2 is 1.78 bits per heavy atom. The fraction of sp³-hybridized carbons (Fsp3) is 0.600. The molecule has 2 rings (SSSR count). The van der Waals surface area contributed by atoms with E-state index in [1.54, 1.807) is 6.92 Å². The zero-order chi connectivity index (χ0) is 13.7. The first kappa shape index (κ1) is 12.5. The van der Waals surface area contributed by atoms with Crippen molar-refractivity contribution >= 4 is 23.8 Å². The van der Waals surface area contributed by atoms with Crippen molar-refractivity contribution < 1.29 is 19.1 Å². The summed E-state index contributed by atoms with van der Waals surface area (Å²) in [5, 5.41) is 0. The molecule has 1 atom stereocenters. The van der Waals surface area contributed by atoms with Gasteiger partial charge < -0.3 is 4.74 Å². The fourth-order valence-electron chi connectivity index (χ4n) is 2.13. The van der Waals surface area contributed by atoms with Crippen molar-refractivity contribution in [3.63, 3.8) is 0 Å². The number of rotatable bonds is 2. The van der Waals surface area contributed by atoms with Gasteiger partial charge in [0.2, 0.25) is 0 Å². The van der Waals surface area contributed by atoms with Crippen molar-refractivity contribution in [3.8, 4) is 0 Å². The summed E-state index contributed by atoms with van der Waals surface area (Å²) in [4.78, 5) is 42.7. The van der Waals surface area contributed by atoms with Gasteiger partial charge in [-0.2, -0.15) is 4.99 Å². The number of amides is 5. The van der Waals surface area contributed by atoms with Gasteiger partial charge in [0, 0.05) is 27.7 Å². The van der Waals surface area contributed by atoms with E-state index in [-0.39, 0.29) is 12.4 Å². The van der Waals surface area contributed by atoms with E-state index in [9.17, 15) is 14.4 Å². The van der Waals surface area contributed by atoms with Crippen LogP contribution in [0.2, 0.25) is 0 Å². The smallest absolute Gasteiger partial charge is 0.341 e. The zero-order valence-corrected chi connectivity index (χ0v) is 10.6. The molecule has 0 aromatic carbocycles. The van der Waals surface area contributed by atoms with Crippen molar-refractivity contribution in [1.29, 1.82) is 0 Å². The number of amidine groups is 1.